The zero-order valence-electron chi connectivity index (χ0n) is 38.6. The summed E-state index contributed by atoms with van der Waals surface area (Å²) in [5.74, 6) is -0.106. The van der Waals surface area contributed by atoms with Crippen molar-refractivity contribution in [1.82, 2.24) is 28.2 Å². The van der Waals surface area contributed by atoms with Crippen LogP contribution in [0.1, 0.15) is 63.4 Å². The van der Waals surface area contributed by atoms with Gasteiger partial charge < -0.3 is 39.0 Å². The largest absolute Gasteiger partial charge is 0.453 e. The molecular weight excluding hydrogens is 877 g/mol. The van der Waals surface area contributed by atoms with Crippen molar-refractivity contribution < 1.29 is 48.5 Å². The number of aliphatic hydroxyl groups is 1. The number of amides is 2. The molecule has 0 unspecified atom stereocenters. The fourth-order valence-corrected chi connectivity index (χ4v) is 9.69. The Kier molecular flexibility index (Phi) is 20.3. The zero-order chi connectivity index (χ0) is 48.1. The average molecular weight is 945 g/mol. The molecule has 0 atom stereocenters. The number of rotatable bonds is 11. The normalized spacial score (nSPS) is 17.7. The Hall–Kier alpha value is -4.08. The molecule has 0 radical (unpaired) electrons. The summed E-state index contributed by atoms with van der Waals surface area (Å²) in [4.78, 5) is 31.0. The summed E-state index contributed by atoms with van der Waals surface area (Å²) in [5, 5.41) is 17.5. The Morgan fingerprint density at radius 3 is 1.75 bits per heavy atom. The Bertz CT molecular complexity index is 2240. The summed E-state index contributed by atoms with van der Waals surface area (Å²) in [5.41, 5.74) is 6.39. The van der Waals surface area contributed by atoms with Gasteiger partial charge in [0.05, 0.1) is 29.3 Å². The Morgan fingerprint density at radius 1 is 0.857 bits per heavy atom. The average Bonchev–Trinajstić information content (AvgIpc) is 3.42. The van der Waals surface area contributed by atoms with Gasteiger partial charge in [-0.1, -0.05) is 59.2 Å². The van der Waals surface area contributed by atoms with Gasteiger partial charge in [-0.05, 0) is 47.2 Å². The van der Waals surface area contributed by atoms with Gasteiger partial charge in [-0.3, -0.25) is 9.59 Å². The van der Waals surface area contributed by atoms with E-state index in [1.54, 1.807) is 45.0 Å². The van der Waals surface area contributed by atoms with Crippen molar-refractivity contribution in [2.45, 2.75) is 58.8 Å². The van der Waals surface area contributed by atoms with Crippen molar-refractivity contribution in [2.24, 2.45) is 5.41 Å². The first-order chi connectivity index (χ1) is 28.9. The van der Waals surface area contributed by atoms with Crippen molar-refractivity contribution in [3.63, 3.8) is 0 Å². The van der Waals surface area contributed by atoms with Crippen LogP contribution in [-0.2, 0) is 44.6 Å². The van der Waals surface area contributed by atoms with E-state index < -0.39 is 48.1 Å². The van der Waals surface area contributed by atoms with Gasteiger partial charge in [0.2, 0.25) is 31.7 Å². The molecule has 1 aromatic heterocycles. The maximum Gasteiger partial charge on any atom is 0.338 e. The minimum atomic E-state index is -3.90. The minimum absolute atomic E-state index is 0.0752. The third kappa shape index (κ3) is 17.4. The van der Waals surface area contributed by atoms with E-state index in [1.165, 1.54) is 30.5 Å². The van der Waals surface area contributed by atoms with E-state index in [0.29, 0.717) is 51.6 Å². The number of nitrogens with two attached hydrogens (primary N) is 1. The highest BCUT2D eigenvalue weighted by molar-refractivity contribution is 7.89. The second-order valence-electron chi connectivity index (χ2n) is 17.8. The number of nitrogens with zero attached hydrogens (tertiary/aromatic N) is 7. The number of anilines is 1. The molecule has 0 saturated carbocycles. The molecule has 2 amide bonds. The number of carbonyl (C=O) groups excluding carboxylic acids is 2. The van der Waals surface area contributed by atoms with Gasteiger partial charge in [0.15, 0.2) is 0 Å². The fourth-order valence-electron chi connectivity index (χ4n) is 5.73. The topological polar surface area (TPSA) is 248 Å². The van der Waals surface area contributed by atoms with Crippen molar-refractivity contribution >= 4 is 47.7 Å². The highest BCUT2D eigenvalue weighted by atomic mass is 32.2. The maximum atomic E-state index is 12.8. The summed E-state index contributed by atoms with van der Waals surface area (Å²) in [6.07, 6.45) is 1.12. The quantitative estimate of drug-likeness (QED) is 0.186. The summed E-state index contributed by atoms with van der Waals surface area (Å²) in [6.45, 7) is 16.2. The standard InChI is InChI=1S/C17H30N4O4S.C14H17NO3S.C10H21N3O4S/c1-17(2,3)14-12-13(18)15(25-14)16(22)20-7-9-21(8-6-19(4)5)26(23,24)11-10-20;1-11-5-7-12(8-6-11)19(16,17)18-13(9-10-15)14(2,3)4;1-11(2)3-5-13-6-4-12(10(15)9-14)7-8-18(13,16)17/h12H,6-11,18H2,1-5H3;5-9H,1-4H3;14H,3-9H2,1-2H3/b;13-9-;. The van der Waals surface area contributed by atoms with Crippen LogP contribution in [0.15, 0.2) is 51.5 Å². The third-order valence-corrected chi connectivity index (χ3v) is 14.7. The highest BCUT2D eigenvalue weighted by Gasteiger charge is 2.33. The maximum absolute atomic E-state index is 12.8. The van der Waals surface area contributed by atoms with Gasteiger partial charge >= 0.3 is 10.1 Å². The molecule has 19 nitrogen and oxygen atoms in total. The molecule has 356 valence electrons. The molecule has 0 aliphatic carbocycles. The van der Waals surface area contributed by atoms with Crippen LogP contribution in [0.25, 0.3) is 0 Å². The summed E-state index contributed by atoms with van der Waals surface area (Å²) in [7, 11) is -3.03. The summed E-state index contributed by atoms with van der Waals surface area (Å²) in [6, 6.07) is 9.84. The van der Waals surface area contributed by atoms with E-state index >= 15 is 0 Å². The number of aliphatic hydroxyl groups excluding tert-OH is 1. The van der Waals surface area contributed by atoms with Crippen LogP contribution in [0.4, 0.5) is 5.69 Å². The number of nitriles is 1. The van der Waals surface area contributed by atoms with E-state index in [4.69, 9.17) is 24.7 Å². The van der Waals surface area contributed by atoms with Crippen molar-refractivity contribution in [1.29, 1.82) is 5.26 Å². The number of allylic oxidation sites excluding steroid dienone is 2. The summed E-state index contributed by atoms with van der Waals surface area (Å²) >= 11 is 0. The Balaban J connectivity index is 0.000000333. The minimum Gasteiger partial charge on any atom is -0.453 e. The van der Waals surface area contributed by atoms with Crippen LogP contribution in [0.3, 0.4) is 0 Å². The molecule has 2 fully saturated rings. The lowest BCUT2D eigenvalue weighted by Crippen LogP contribution is -2.39. The van der Waals surface area contributed by atoms with E-state index in [1.807, 2.05) is 65.7 Å². The first kappa shape index (κ1) is 55.1. The summed E-state index contributed by atoms with van der Waals surface area (Å²) < 4.78 is 86.7. The van der Waals surface area contributed by atoms with Crippen LogP contribution in [0.2, 0.25) is 0 Å². The molecule has 3 N–H and O–H groups in total. The lowest BCUT2D eigenvalue weighted by molar-refractivity contribution is -0.133. The SMILES string of the molecule is CN(C)CCN1CCN(C(=O)CO)CCS1(=O)=O.CN(C)CCN1CCN(C(=O)c2oc(C(C)(C)C)cc2N)CCS1(=O)=O.Cc1ccc(S(=O)(=O)O/C(=C\C#N)C(C)(C)C)cc1. The van der Waals surface area contributed by atoms with E-state index in [2.05, 4.69) is 0 Å². The number of sulfonamides is 2. The van der Waals surface area contributed by atoms with Crippen LogP contribution in [0.5, 0.6) is 0 Å². The smallest absolute Gasteiger partial charge is 0.338 e. The van der Waals surface area contributed by atoms with Gasteiger partial charge in [-0.15, -0.1) is 0 Å². The number of carbonyl (C=O) groups is 2. The molecule has 4 rings (SSSR count). The molecule has 2 saturated heterocycles. The second kappa shape index (κ2) is 23.2. The van der Waals surface area contributed by atoms with Crippen LogP contribution < -0.4 is 5.73 Å². The van der Waals surface area contributed by atoms with E-state index in [9.17, 15) is 34.8 Å². The molecule has 22 heteroatoms. The predicted molar refractivity (Wildman–Crippen MR) is 242 cm³/mol. The molecular formula is C41H68N8O11S3. The number of furan rings is 1. The molecule has 2 aliphatic heterocycles. The molecule has 2 aliphatic rings. The first-order valence-corrected chi connectivity index (χ1v) is 25.0. The number of hydrogen-bond donors (Lipinski definition) is 2. The van der Waals surface area contributed by atoms with Gasteiger partial charge in [0.1, 0.15) is 23.0 Å². The monoisotopic (exact) mass is 944 g/mol. The highest BCUT2D eigenvalue weighted by Crippen LogP contribution is 2.31. The number of hydrogen-bond acceptors (Lipinski definition) is 15. The van der Waals surface area contributed by atoms with Crippen molar-refractivity contribution in [3.8, 4) is 6.07 Å². The number of nitrogen functional groups attached to an aromatic ring is 1. The molecule has 3 heterocycles. The van der Waals surface area contributed by atoms with Crippen LogP contribution in [0, 0.1) is 23.7 Å². The Labute approximate surface area is 375 Å². The van der Waals surface area contributed by atoms with Gasteiger partial charge in [-0.2, -0.15) is 22.3 Å². The van der Waals surface area contributed by atoms with Gasteiger partial charge in [0.25, 0.3) is 5.91 Å². The zero-order valence-corrected chi connectivity index (χ0v) is 41.1. The Morgan fingerprint density at radius 2 is 1.33 bits per heavy atom. The number of benzene rings is 1. The second-order valence-corrected chi connectivity index (χ2v) is 23.5. The third-order valence-electron chi connectivity index (χ3n) is 9.77. The van der Waals surface area contributed by atoms with Crippen LogP contribution in [-0.4, -0.2) is 182 Å². The molecule has 63 heavy (non-hydrogen) atoms. The van der Waals surface area contributed by atoms with Crippen molar-refractivity contribution in [3.05, 3.63) is 59.3 Å². The van der Waals surface area contributed by atoms with E-state index in [0.717, 1.165) is 11.6 Å². The number of aryl methyl sites for hydroxylation is 1. The molecule has 0 spiro atoms. The fraction of sp³-hybridized carbons (Fsp3) is 0.634. The first-order valence-electron chi connectivity index (χ1n) is 20.4. The molecule has 0 bridgehead atoms. The van der Waals surface area contributed by atoms with Crippen LogP contribution >= 0.6 is 0 Å². The lowest BCUT2D eigenvalue weighted by Gasteiger charge is -2.22. The molecule has 2 aromatic rings. The van der Waals surface area contributed by atoms with Gasteiger partial charge in [0, 0.05) is 82.3 Å². The van der Waals surface area contributed by atoms with Crippen molar-refractivity contribution in [2.75, 3.05) is 117 Å². The molecule has 1 aromatic carbocycles. The van der Waals surface area contributed by atoms with E-state index in [-0.39, 0.29) is 64.6 Å². The van der Waals surface area contributed by atoms with Gasteiger partial charge in [-0.25, -0.2) is 16.8 Å². The predicted octanol–water partition coefficient (Wildman–Crippen LogP) is 1.98. The lowest BCUT2D eigenvalue weighted by atomic mass is 9.93. The number of likely N-dealkylation sites (N-methyl/N-ethyl adjacent to an activating group) is 2.